The molecule has 7 heavy (non-hydrogen) atoms. The first-order valence-corrected chi connectivity index (χ1v) is 1.77. The number of carbonyl (C=O) groups excluding carboxylic acids is 1. The zero-order valence-corrected chi connectivity index (χ0v) is 4.05. The van der Waals surface area contributed by atoms with Gasteiger partial charge in [-0.15, -0.1) is 0 Å². The van der Waals surface area contributed by atoms with Crippen molar-refractivity contribution < 1.29 is 9.53 Å². The second-order valence-electron chi connectivity index (χ2n) is 0.882. The molecule has 0 spiro atoms. The van der Waals surface area contributed by atoms with Crippen molar-refractivity contribution in [1.29, 1.82) is 0 Å². The Kier molecular flexibility index (Phi) is 2.76. The van der Waals surface area contributed by atoms with Gasteiger partial charge in [0.15, 0.2) is 0 Å². The van der Waals surface area contributed by atoms with E-state index in [9.17, 15) is 4.79 Å². The highest BCUT2D eigenvalue weighted by Crippen LogP contribution is 1.70. The zero-order chi connectivity index (χ0) is 5.70. The van der Waals surface area contributed by atoms with E-state index in [4.69, 9.17) is 5.73 Å². The molecule has 0 fully saturated rings. The molecule has 0 saturated heterocycles. The first kappa shape index (κ1) is 6.01. The molecule has 40 valence electrons. The van der Waals surface area contributed by atoms with Gasteiger partial charge in [-0.2, -0.15) is 0 Å². The minimum atomic E-state index is -0.428. The molecule has 0 amide bonds. The third kappa shape index (κ3) is 2.82. The smallest absolute Gasteiger partial charge is 0.331 e. The summed E-state index contributed by atoms with van der Waals surface area (Å²) >= 11 is 0. The van der Waals surface area contributed by atoms with Crippen LogP contribution in [0.3, 0.4) is 0 Å². The van der Waals surface area contributed by atoms with Gasteiger partial charge in [0.1, 0.15) is 0 Å². The summed E-state index contributed by atoms with van der Waals surface area (Å²) in [6.45, 7) is 0. The van der Waals surface area contributed by atoms with E-state index in [1.807, 2.05) is 0 Å². The van der Waals surface area contributed by atoms with Crippen LogP contribution in [0.5, 0.6) is 0 Å². The Morgan fingerprint density at radius 1 is 1.86 bits per heavy atom. The van der Waals surface area contributed by atoms with E-state index in [0.29, 0.717) is 0 Å². The predicted octanol–water partition coefficient (Wildman–Crippen LogP) is -0.368. The van der Waals surface area contributed by atoms with Crippen molar-refractivity contribution in [1.82, 2.24) is 0 Å². The number of esters is 1. The molecule has 0 aliphatic rings. The van der Waals surface area contributed by atoms with Crippen molar-refractivity contribution in [2.24, 2.45) is 5.73 Å². The van der Waals surface area contributed by atoms with Crippen LogP contribution in [-0.2, 0) is 9.53 Å². The summed E-state index contributed by atoms with van der Waals surface area (Å²) in [6.07, 6.45) is 2.27. The van der Waals surface area contributed by atoms with E-state index in [2.05, 4.69) is 4.74 Å². The fraction of sp³-hybridized carbons (Fsp3) is 0.250. The van der Waals surface area contributed by atoms with Gasteiger partial charge in [-0.25, -0.2) is 4.79 Å². The number of nitrogens with two attached hydrogens (primary N) is 1. The Bertz CT molecular complexity index is 87.7. The molecule has 0 aromatic rings. The summed E-state index contributed by atoms with van der Waals surface area (Å²) in [5.41, 5.74) is 4.82. The van der Waals surface area contributed by atoms with Crippen molar-refractivity contribution in [3.63, 3.8) is 0 Å². The summed E-state index contributed by atoms with van der Waals surface area (Å²) in [7, 11) is 1.29. The molecule has 0 aliphatic carbocycles. The molecule has 0 aromatic heterocycles. The van der Waals surface area contributed by atoms with Crippen molar-refractivity contribution in [2.75, 3.05) is 7.11 Å². The molecule has 0 radical (unpaired) electrons. The Morgan fingerprint density at radius 3 is 2.57 bits per heavy atom. The van der Waals surface area contributed by atoms with Crippen molar-refractivity contribution in [3.05, 3.63) is 12.3 Å². The van der Waals surface area contributed by atoms with Gasteiger partial charge in [0.2, 0.25) is 0 Å². The average molecular weight is 101 g/mol. The summed E-state index contributed by atoms with van der Waals surface area (Å²) < 4.78 is 4.18. The summed E-state index contributed by atoms with van der Waals surface area (Å²) in [5.74, 6) is -0.428. The maximum atomic E-state index is 10.0. The third-order valence-electron chi connectivity index (χ3n) is 0.433. The lowest BCUT2D eigenvalue weighted by Crippen LogP contribution is -1.94. The normalized spacial score (nSPS) is 9.29. The Balaban J connectivity index is 3.37. The standard InChI is InChI=1S/C4H7NO2/c1-7-4(6)2-3-5/h2-3H,5H2,1H3/b3-2-. The molecule has 0 heterocycles. The number of rotatable bonds is 1. The fourth-order valence-corrected chi connectivity index (χ4v) is 0.147. The first-order chi connectivity index (χ1) is 3.31. The number of hydrogen-bond acceptors (Lipinski definition) is 3. The maximum Gasteiger partial charge on any atom is 0.331 e. The highest BCUT2D eigenvalue weighted by molar-refractivity contribution is 5.81. The van der Waals surface area contributed by atoms with E-state index in [1.54, 1.807) is 0 Å². The van der Waals surface area contributed by atoms with E-state index in [-0.39, 0.29) is 0 Å². The lowest BCUT2D eigenvalue weighted by Gasteiger charge is -1.84. The van der Waals surface area contributed by atoms with Gasteiger partial charge < -0.3 is 10.5 Å². The van der Waals surface area contributed by atoms with Crippen LogP contribution in [0.25, 0.3) is 0 Å². The molecule has 0 rings (SSSR count). The summed E-state index contributed by atoms with van der Waals surface area (Å²) in [5, 5.41) is 0. The second kappa shape index (κ2) is 3.21. The number of hydrogen-bond donors (Lipinski definition) is 1. The van der Waals surface area contributed by atoms with E-state index >= 15 is 0 Å². The van der Waals surface area contributed by atoms with Gasteiger partial charge in [-0.1, -0.05) is 0 Å². The van der Waals surface area contributed by atoms with Crippen LogP contribution < -0.4 is 5.73 Å². The van der Waals surface area contributed by atoms with Gasteiger partial charge in [0, 0.05) is 12.3 Å². The van der Waals surface area contributed by atoms with E-state index in [0.717, 1.165) is 12.3 Å². The van der Waals surface area contributed by atoms with Crippen molar-refractivity contribution in [2.45, 2.75) is 0 Å². The number of carbonyl (C=O) groups is 1. The van der Waals surface area contributed by atoms with Gasteiger partial charge in [0.05, 0.1) is 7.11 Å². The maximum absolute atomic E-state index is 10.0. The minimum absolute atomic E-state index is 0.428. The van der Waals surface area contributed by atoms with Gasteiger partial charge in [-0.05, 0) is 0 Å². The van der Waals surface area contributed by atoms with Crippen molar-refractivity contribution in [3.8, 4) is 0 Å². The highest BCUT2D eigenvalue weighted by Gasteiger charge is 1.84. The fourth-order valence-electron chi connectivity index (χ4n) is 0.147. The molecule has 0 unspecified atom stereocenters. The molecule has 0 saturated carbocycles. The van der Waals surface area contributed by atoms with Crippen molar-refractivity contribution >= 4 is 5.97 Å². The predicted molar refractivity (Wildman–Crippen MR) is 25.3 cm³/mol. The van der Waals surface area contributed by atoms with Crippen LogP contribution in [-0.4, -0.2) is 13.1 Å². The molecular formula is C4H7NO2. The Hall–Kier alpha value is -0.990. The van der Waals surface area contributed by atoms with Crippen LogP contribution in [0, 0.1) is 0 Å². The Morgan fingerprint density at radius 2 is 2.43 bits per heavy atom. The van der Waals surface area contributed by atoms with E-state index in [1.165, 1.54) is 7.11 Å². The molecular weight excluding hydrogens is 94.0 g/mol. The zero-order valence-electron chi connectivity index (χ0n) is 4.05. The summed E-state index contributed by atoms with van der Waals surface area (Å²) in [4.78, 5) is 10.0. The van der Waals surface area contributed by atoms with Gasteiger partial charge in [-0.3, -0.25) is 0 Å². The average Bonchev–Trinajstić information content (AvgIpc) is 1.68. The molecule has 0 aliphatic heterocycles. The molecule has 2 N–H and O–H groups in total. The molecule has 0 aromatic carbocycles. The van der Waals surface area contributed by atoms with Crippen LogP contribution in [0.1, 0.15) is 0 Å². The largest absolute Gasteiger partial charge is 0.466 e. The van der Waals surface area contributed by atoms with Crippen LogP contribution >= 0.6 is 0 Å². The highest BCUT2D eigenvalue weighted by atomic mass is 16.5. The third-order valence-corrected chi connectivity index (χ3v) is 0.433. The second-order valence-corrected chi connectivity index (χ2v) is 0.882. The number of methoxy groups -OCH3 is 1. The Labute approximate surface area is 41.8 Å². The lowest BCUT2D eigenvalue weighted by atomic mass is 10.6. The van der Waals surface area contributed by atoms with E-state index < -0.39 is 5.97 Å². The molecule has 3 nitrogen and oxygen atoms in total. The minimum Gasteiger partial charge on any atom is -0.466 e. The molecule has 3 heteroatoms. The topological polar surface area (TPSA) is 52.3 Å². The van der Waals surface area contributed by atoms with Crippen LogP contribution in [0.4, 0.5) is 0 Å². The van der Waals surface area contributed by atoms with Gasteiger partial charge >= 0.3 is 5.97 Å². The van der Waals surface area contributed by atoms with Crippen LogP contribution in [0.15, 0.2) is 12.3 Å². The SMILES string of the molecule is COC(=O)/C=C\N. The lowest BCUT2D eigenvalue weighted by molar-refractivity contribution is -0.134. The molecule has 0 bridgehead atoms. The quantitative estimate of drug-likeness (QED) is 0.362. The van der Waals surface area contributed by atoms with Gasteiger partial charge in [0.25, 0.3) is 0 Å². The number of ether oxygens (including phenoxy) is 1. The monoisotopic (exact) mass is 101 g/mol. The summed E-state index contributed by atoms with van der Waals surface area (Å²) in [6, 6.07) is 0. The first-order valence-electron chi connectivity index (χ1n) is 1.77. The molecule has 0 atom stereocenters. The van der Waals surface area contributed by atoms with Crippen LogP contribution in [0.2, 0.25) is 0 Å².